The minimum absolute atomic E-state index is 0.0170. The Kier molecular flexibility index (Phi) is 4.15. The molecule has 8 heteroatoms. The van der Waals surface area contributed by atoms with E-state index < -0.39 is 5.92 Å². The van der Waals surface area contributed by atoms with Gasteiger partial charge in [0.05, 0.1) is 27.2 Å². The number of nitrogens with two attached hydrogens (primary N) is 1. The van der Waals surface area contributed by atoms with Crippen LogP contribution in [0.4, 0.5) is 0 Å². The predicted octanol–water partition coefficient (Wildman–Crippen LogP) is 1.96. The van der Waals surface area contributed by atoms with Gasteiger partial charge in [-0.05, 0) is 13.0 Å². The molecule has 3 rings (SSSR count). The molecule has 1 aromatic carbocycles. The third-order valence-electron chi connectivity index (χ3n) is 4.18. The summed E-state index contributed by atoms with van der Waals surface area (Å²) >= 11 is 0. The van der Waals surface area contributed by atoms with Crippen molar-refractivity contribution in [3.63, 3.8) is 0 Å². The number of rotatable bonds is 4. The first-order chi connectivity index (χ1) is 12.1. The maximum Gasteiger partial charge on any atom is 0.244 e. The average Bonchev–Trinajstić information content (AvgIpc) is 2.99. The van der Waals surface area contributed by atoms with E-state index in [1.54, 1.807) is 13.2 Å². The molecule has 1 atom stereocenters. The van der Waals surface area contributed by atoms with Crippen molar-refractivity contribution in [1.29, 1.82) is 5.26 Å². The van der Waals surface area contributed by atoms with Gasteiger partial charge in [-0.3, -0.25) is 5.10 Å². The number of aromatic nitrogens is 2. The van der Waals surface area contributed by atoms with Crippen molar-refractivity contribution in [2.45, 2.75) is 12.8 Å². The quantitative estimate of drug-likeness (QED) is 0.872. The lowest BCUT2D eigenvalue weighted by molar-refractivity contribution is 0.321. The molecular formula is C17H18N4O4. The Balaban J connectivity index is 2.31. The molecule has 0 saturated carbocycles. The highest BCUT2D eigenvalue weighted by molar-refractivity contribution is 5.64. The van der Waals surface area contributed by atoms with Crippen molar-refractivity contribution in [2.24, 2.45) is 5.73 Å². The Morgan fingerprint density at radius 2 is 1.92 bits per heavy atom. The van der Waals surface area contributed by atoms with E-state index in [9.17, 15) is 5.26 Å². The molecule has 0 unspecified atom stereocenters. The van der Waals surface area contributed by atoms with Crippen molar-refractivity contribution < 1.29 is 18.9 Å². The van der Waals surface area contributed by atoms with Crippen LogP contribution in [0, 0.1) is 18.3 Å². The number of methoxy groups -OCH3 is 3. The van der Waals surface area contributed by atoms with Gasteiger partial charge in [-0.25, -0.2) is 0 Å². The number of ether oxygens (including phenoxy) is 4. The van der Waals surface area contributed by atoms with Crippen molar-refractivity contribution in [3.8, 4) is 29.2 Å². The van der Waals surface area contributed by atoms with Crippen LogP contribution in [0.5, 0.6) is 23.1 Å². The summed E-state index contributed by atoms with van der Waals surface area (Å²) < 4.78 is 21.8. The first-order valence-electron chi connectivity index (χ1n) is 7.48. The smallest absolute Gasteiger partial charge is 0.244 e. The molecule has 2 heterocycles. The summed E-state index contributed by atoms with van der Waals surface area (Å²) in [6.45, 7) is 1.85. The van der Waals surface area contributed by atoms with E-state index in [0.29, 0.717) is 28.7 Å². The highest BCUT2D eigenvalue weighted by Gasteiger charge is 2.37. The van der Waals surface area contributed by atoms with Gasteiger partial charge in [0, 0.05) is 16.8 Å². The van der Waals surface area contributed by atoms with E-state index in [4.69, 9.17) is 24.7 Å². The molecule has 130 valence electrons. The Labute approximate surface area is 144 Å². The molecule has 0 fully saturated rings. The first kappa shape index (κ1) is 16.5. The molecule has 0 saturated heterocycles. The number of aryl methyl sites for hydroxylation is 1. The number of aromatic amines is 1. The molecule has 1 aliphatic rings. The van der Waals surface area contributed by atoms with Crippen LogP contribution in [0.15, 0.2) is 23.6 Å². The number of nitrogens with zero attached hydrogens (tertiary/aromatic N) is 2. The maximum atomic E-state index is 9.64. The summed E-state index contributed by atoms with van der Waals surface area (Å²) in [6, 6.07) is 5.71. The molecule has 0 amide bonds. The van der Waals surface area contributed by atoms with Crippen LogP contribution in [0.2, 0.25) is 0 Å². The normalized spacial score (nSPS) is 15.9. The second-order valence-electron chi connectivity index (χ2n) is 5.42. The van der Waals surface area contributed by atoms with E-state index >= 15 is 0 Å². The number of hydrogen-bond donors (Lipinski definition) is 2. The first-order valence-corrected chi connectivity index (χ1v) is 7.48. The Morgan fingerprint density at radius 1 is 1.20 bits per heavy atom. The summed E-state index contributed by atoms with van der Waals surface area (Å²) in [5.41, 5.74) is 8.43. The fourth-order valence-electron chi connectivity index (χ4n) is 3.06. The summed E-state index contributed by atoms with van der Waals surface area (Å²) in [5.74, 6) is 1.28. The molecule has 0 bridgehead atoms. The molecule has 0 aliphatic carbocycles. The van der Waals surface area contributed by atoms with Gasteiger partial charge >= 0.3 is 0 Å². The maximum absolute atomic E-state index is 9.64. The van der Waals surface area contributed by atoms with Gasteiger partial charge in [-0.1, -0.05) is 6.07 Å². The van der Waals surface area contributed by atoms with Crippen LogP contribution in [0.3, 0.4) is 0 Å². The second kappa shape index (κ2) is 6.28. The number of hydrogen-bond acceptors (Lipinski definition) is 7. The van der Waals surface area contributed by atoms with Gasteiger partial charge < -0.3 is 24.7 Å². The molecule has 1 aromatic heterocycles. The fourth-order valence-corrected chi connectivity index (χ4v) is 3.06. The van der Waals surface area contributed by atoms with Crippen LogP contribution in [-0.2, 0) is 0 Å². The van der Waals surface area contributed by atoms with Gasteiger partial charge in [0.1, 0.15) is 11.6 Å². The molecule has 3 N–H and O–H groups in total. The van der Waals surface area contributed by atoms with E-state index in [1.165, 1.54) is 14.2 Å². The summed E-state index contributed by atoms with van der Waals surface area (Å²) in [6.07, 6.45) is 0. The Hall–Kier alpha value is -3.34. The van der Waals surface area contributed by atoms with Crippen LogP contribution >= 0.6 is 0 Å². The molecule has 1 aliphatic heterocycles. The van der Waals surface area contributed by atoms with E-state index in [-0.39, 0.29) is 11.5 Å². The van der Waals surface area contributed by atoms with E-state index in [2.05, 4.69) is 16.3 Å². The number of fused-ring (bicyclic) bond motifs is 1. The number of nitriles is 1. The van der Waals surface area contributed by atoms with Crippen LogP contribution in [-0.4, -0.2) is 31.5 Å². The van der Waals surface area contributed by atoms with Gasteiger partial charge in [0.15, 0.2) is 11.5 Å². The zero-order valence-corrected chi connectivity index (χ0v) is 14.3. The highest BCUT2D eigenvalue weighted by Crippen LogP contribution is 2.49. The van der Waals surface area contributed by atoms with Crippen molar-refractivity contribution >= 4 is 0 Å². The number of benzene rings is 1. The van der Waals surface area contributed by atoms with Gasteiger partial charge in [0.25, 0.3) is 0 Å². The minimum atomic E-state index is -0.498. The largest absolute Gasteiger partial charge is 0.493 e. The van der Waals surface area contributed by atoms with Crippen LogP contribution in [0.25, 0.3) is 0 Å². The standard InChI is InChI=1S/C17H18N4O4/c1-8-12-13(10(7-18)16(19)25-17(12)21-20-8)9-5-6-11(22-2)15(24-4)14(9)23-3/h5-6,13H,19H2,1-4H3,(H,20,21)/t13-/m0/s1. The number of nitrogens with one attached hydrogen (secondary N) is 1. The lowest BCUT2D eigenvalue weighted by Gasteiger charge is -2.26. The zero-order chi connectivity index (χ0) is 18.1. The van der Waals surface area contributed by atoms with Gasteiger partial charge in [-0.2, -0.15) is 5.26 Å². The molecule has 0 spiro atoms. The lowest BCUT2D eigenvalue weighted by atomic mass is 9.83. The SMILES string of the molecule is COc1ccc([C@H]2C(C#N)=C(N)Oc3n[nH]c(C)c32)c(OC)c1OC. The highest BCUT2D eigenvalue weighted by atomic mass is 16.5. The van der Waals surface area contributed by atoms with Crippen LogP contribution in [0.1, 0.15) is 22.7 Å². The number of allylic oxidation sites excluding steroid dienone is 1. The molecule has 2 aromatic rings. The Bertz CT molecular complexity index is 895. The van der Waals surface area contributed by atoms with Gasteiger partial charge in [0.2, 0.25) is 17.5 Å². The minimum Gasteiger partial charge on any atom is -0.493 e. The fraction of sp³-hybridized carbons (Fsp3) is 0.294. The third kappa shape index (κ3) is 2.41. The van der Waals surface area contributed by atoms with Gasteiger partial charge in [-0.15, -0.1) is 5.10 Å². The van der Waals surface area contributed by atoms with E-state index in [0.717, 1.165) is 11.3 Å². The Morgan fingerprint density at radius 3 is 2.52 bits per heavy atom. The van der Waals surface area contributed by atoms with Crippen molar-refractivity contribution in [1.82, 2.24) is 10.2 Å². The second-order valence-corrected chi connectivity index (χ2v) is 5.42. The predicted molar refractivity (Wildman–Crippen MR) is 88.7 cm³/mol. The van der Waals surface area contributed by atoms with Crippen molar-refractivity contribution in [2.75, 3.05) is 21.3 Å². The molecule has 25 heavy (non-hydrogen) atoms. The molecular weight excluding hydrogens is 324 g/mol. The monoisotopic (exact) mass is 342 g/mol. The zero-order valence-electron chi connectivity index (χ0n) is 14.3. The molecule has 0 radical (unpaired) electrons. The summed E-state index contributed by atoms with van der Waals surface area (Å²) in [7, 11) is 4.60. The topological polar surface area (TPSA) is 115 Å². The third-order valence-corrected chi connectivity index (χ3v) is 4.18. The summed E-state index contributed by atoms with van der Waals surface area (Å²) in [4.78, 5) is 0. The molecule has 8 nitrogen and oxygen atoms in total. The van der Waals surface area contributed by atoms with Crippen molar-refractivity contribution in [3.05, 3.63) is 40.4 Å². The van der Waals surface area contributed by atoms with Crippen LogP contribution < -0.4 is 24.7 Å². The van der Waals surface area contributed by atoms with E-state index in [1.807, 2.05) is 13.0 Å². The average molecular weight is 342 g/mol. The summed E-state index contributed by atoms with van der Waals surface area (Å²) in [5, 5.41) is 16.6. The lowest BCUT2D eigenvalue weighted by Crippen LogP contribution is -2.21. The number of H-pyrrole nitrogens is 1.